The highest BCUT2D eigenvalue weighted by atomic mass is 79.9. The van der Waals surface area contributed by atoms with Crippen molar-refractivity contribution in [3.63, 3.8) is 0 Å². The third-order valence-corrected chi connectivity index (χ3v) is 5.22. The first-order valence-corrected chi connectivity index (χ1v) is 11.0. The molecule has 0 aromatic carbocycles. The van der Waals surface area contributed by atoms with Gasteiger partial charge in [-0.1, -0.05) is 59.3 Å². The molecule has 0 spiro atoms. The zero-order valence-electron chi connectivity index (χ0n) is 16.1. The van der Waals surface area contributed by atoms with Crippen molar-refractivity contribution in [3.05, 3.63) is 0 Å². The van der Waals surface area contributed by atoms with Crippen LogP contribution in [0.2, 0.25) is 0 Å². The molecule has 0 aromatic rings. The van der Waals surface area contributed by atoms with E-state index in [1.807, 2.05) is 0 Å². The Labute approximate surface area is 155 Å². The Hall–Kier alpha value is 0. The van der Waals surface area contributed by atoms with Gasteiger partial charge in [0.2, 0.25) is 0 Å². The number of unbranched alkanes of at least 4 members (excludes halogenated alkanes) is 9. The summed E-state index contributed by atoms with van der Waals surface area (Å²) in [6.07, 6.45) is 16.4. The van der Waals surface area contributed by atoms with Gasteiger partial charge in [0.15, 0.2) is 0 Å². The molecule has 0 atom stereocenters. The van der Waals surface area contributed by atoms with Crippen molar-refractivity contribution in [1.29, 1.82) is 0 Å². The number of halogens is 1. The van der Waals surface area contributed by atoms with Gasteiger partial charge in [-0.2, -0.15) is 0 Å². The lowest BCUT2D eigenvalue weighted by atomic mass is 10.1. The zero-order chi connectivity index (χ0) is 17.2. The maximum Gasteiger partial charge on any atom is 0.141 e. The fraction of sp³-hybridized carbons (Fsp3) is 0.905. The van der Waals surface area contributed by atoms with E-state index in [0.717, 1.165) is 6.54 Å². The highest BCUT2D eigenvalue weighted by molar-refractivity contribution is 9.12. The van der Waals surface area contributed by atoms with Crippen molar-refractivity contribution in [3.8, 4) is 10.8 Å². The van der Waals surface area contributed by atoms with Gasteiger partial charge in [0.1, 0.15) is 6.54 Å². The summed E-state index contributed by atoms with van der Waals surface area (Å²) in [5, 5.41) is 0. The zero-order valence-corrected chi connectivity index (χ0v) is 17.7. The fourth-order valence-corrected chi connectivity index (χ4v) is 3.52. The van der Waals surface area contributed by atoms with Crippen molar-refractivity contribution >= 4 is 15.9 Å². The molecule has 0 saturated heterocycles. The van der Waals surface area contributed by atoms with Crippen LogP contribution < -0.4 is 0 Å². The molecule has 0 N–H and O–H groups in total. The Kier molecular flexibility index (Phi) is 16.8. The second-order valence-corrected chi connectivity index (χ2v) is 7.52. The van der Waals surface area contributed by atoms with E-state index in [1.165, 1.54) is 101 Å². The molecule has 136 valence electrons. The topological polar surface area (TPSA) is 0 Å². The van der Waals surface area contributed by atoms with E-state index in [-0.39, 0.29) is 0 Å². The van der Waals surface area contributed by atoms with E-state index < -0.39 is 0 Å². The predicted molar refractivity (Wildman–Crippen MR) is 109 cm³/mol. The monoisotopic (exact) mass is 386 g/mol. The minimum atomic E-state index is 1.04. The van der Waals surface area contributed by atoms with Gasteiger partial charge >= 0.3 is 0 Å². The molecule has 0 rings (SSSR count). The van der Waals surface area contributed by atoms with Gasteiger partial charge in [0, 0.05) is 15.9 Å². The molecule has 2 heteroatoms. The van der Waals surface area contributed by atoms with Gasteiger partial charge in [-0.15, -0.1) is 0 Å². The van der Waals surface area contributed by atoms with Crippen molar-refractivity contribution in [2.45, 2.75) is 97.8 Å². The van der Waals surface area contributed by atoms with Crippen LogP contribution in [-0.2, 0) is 0 Å². The van der Waals surface area contributed by atoms with E-state index in [0.29, 0.717) is 0 Å². The van der Waals surface area contributed by atoms with Crippen LogP contribution in [0.4, 0.5) is 0 Å². The van der Waals surface area contributed by atoms with Gasteiger partial charge in [-0.3, -0.25) is 0 Å². The van der Waals surface area contributed by atoms with E-state index in [2.05, 4.69) is 47.5 Å². The van der Waals surface area contributed by atoms with Crippen LogP contribution in [0.15, 0.2) is 0 Å². The molecule has 0 aliphatic carbocycles. The second kappa shape index (κ2) is 16.8. The van der Waals surface area contributed by atoms with Crippen LogP contribution in [0, 0.1) is 10.8 Å². The van der Waals surface area contributed by atoms with Gasteiger partial charge < -0.3 is 4.48 Å². The van der Waals surface area contributed by atoms with Crippen LogP contribution >= 0.6 is 15.9 Å². The van der Waals surface area contributed by atoms with Crippen LogP contribution in [0.5, 0.6) is 0 Å². The Morgan fingerprint density at radius 3 is 1.30 bits per heavy atom. The fourth-order valence-electron chi connectivity index (χ4n) is 3.39. The quantitative estimate of drug-likeness (QED) is 0.153. The molecular weight excluding hydrogens is 346 g/mol. The maximum absolute atomic E-state index is 3.35. The summed E-state index contributed by atoms with van der Waals surface area (Å²) in [7, 11) is 0. The van der Waals surface area contributed by atoms with Crippen LogP contribution in [0.25, 0.3) is 0 Å². The van der Waals surface area contributed by atoms with Gasteiger partial charge in [0.25, 0.3) is 0 Å². The van der Waals surface area contributed by atoms with E-state index in [1.54, 1.807) is 0 Å². The molecule has 0 fully saturated rings. The van der Waals surface area contributed by atoms with E-state index in [9.17, 15) is 0 Å². The minimum Gasteiger partial charge on any atom is -0.313 e. The largest absolute Gasteiger partial charge is 0.313 e. The Bertz CT molecular complexity index is 271. The summed E-state index contributed by atoms with van der Waals surface area (Å²) in [5.74, 6) is 3.35. The Morgan fingerprint density at radius 2 is 1.00 bits per heavy atom. The first-order chi connectivity index (χ1) is 11.2. The van der Waals surface area contributed by atoms with Gasteiger partial charge in [0.05, 0.1) is 19.6 Å². The molecule has 0 saturated carbocycles. The van der Waals surface area contributed by atoms with Crippen LogP contribution in [-0.4, -0.2) is 30.7 Å². The van der Waals surface area contributed by atoms with E-state index in [4.69, 9.17) is 0 Å². The molecular formula is C21H41BrN+. The van der Waals surface area contributed by atoms with Crippen molar-refractivity contribution in [1.82, 2.24) is 0 Å². The summed E-state index contributed by atoms with van der Waals surface area (Å²) in [6.45, 7) is 11.9. The molecule has 0 aliphatic heterocycles. The summed E-state index contributed by atoms with van der Waals surface area (Å²) < 4.78 is 1.25. The lowest BCUT2D eigenvalue weighted by molar-refractivity contribution is -0.922. The summed E-state index contributed by atoms with van der Waals surface area (Å²) in [6, 6.07) is 0. The molecule has 0 unspecified atom stereocenters. The minimum absolute atomic E-state index is 1.04. The lowest BCUT2D eigenvalue weighted by Crippen LogP contribution is -2.50. The molecule has 0 aromatic heterocycles. The average molecular weight is 387 g/mol. The van der Waals surface area contributed by atoms with Crippen molar-refractivity contribution in [2.24, 2.45) is 0 Å². The second-order valence-electron chi connectivity index (χ2n) is 7.12. The Morgan fingerprint density at radius 1 is 0.609 bits per heavy atom. The number of hydrogen-bond donors (Lipinski definition) is 0. The summed E-state index contributed by atoms with van der Waals surface area (Å²) in [4.78, 5) is 2.97. The first-order valence-electron chi connectivity index (χ1n) is 10.2. The van der Waals surface area contributed by atoms with Crippen LogP contribution in [0.3, 0.4) is 0 Å². The third-order valence-electron chi connectivity index (χ3n) is 4.94. The number of nitrogens with zero attached hydrogens (tertiary/aromatic N) is 1. The molecule has 0 bridgehead atoms. The SMILES string of the molecule is CCCCCC[N+](CC#CBr)(CCCCCC)CCCCCC. The van der Waals surface area contributed by atoms with Gasteiger partial charge in [-0.05, 0) is 49.3 Å². The molecule has 0 heterocycles. The lowest BCUT2D eigenvalue weighted by Gasteiger charge is -2.37. The predicted octanol–water partition coefficient (Wildman–Crippen LogP) is 6.90. The first kappa shape index (κ1) is 23.0. The smallest absolute Gasteiger partial charge is 0.141 e. The number of rotatable bonds is 16. The molecule has 0 amide bonds. The molecule has 0 aliphatic rings. The summed E-state index contributed by atoms with van der Waals surface area (Å²) in [5.41, 5.74) is 0. The Balaban J connectivity index is 4.60. The highest BCUT2D eigenvalue weighted by Gasteiger charge is 2.25. The highest BCUT2D eigenvalue weighted by Crippen LogP contribution is 2.17. The van der Waals surface area contributed by atoms with Crippen molar-refractivity contribution in [2.75, 3.05) is 26.2 Å². The normalized spacial score (nSPS) is 11.3. The third kappa shape index (κ3) is 13.0. The van der Waals surface area contributed by atoms with Crippen LogP contribution in [0.1, 0.15) is 97.8 Å². The van der Waals surface area contributed by atoms with Gasteiger partial charge in [-0.25, -0.2) is 0 Å². The number of hydrogen-bond acceptors (Lipinski definition) is 0. The number of quaternary nitrogens is 1. The molecule has 1 nitrogen and oxygen atoms in total. The molecule has 23 heavy (non-hydrogen) atoms. The summed E-state index contributed by atoms with van der Waals surface area (Å²) >= 11 is 3.31. The van der Waals surface area contributed by atoms with E-state index >= 15 is 0 Å². The van der Waals surface area contributed by atoms with Crippen molar-refractivity contribution < 1.29 is 4.48 Å². The standard InChI is InChI=1S/C21H41BrN/c1-4-7-10-13-18-23(21-16-17-22,19-14-11-8-5-2)20-15-12-9-6-3/h4-15,18-21H2,1-3H3/q+1. The average Bonchev–Trinajstić information content (AvgIpc) is 2.57. The molecule has 0 radical (unpaired) electrons. The maximum atomic E-state index is 3.35.